The van der Waals surface area contributed by atoms with Crippen LogP contribution < -0.4 is 5.73 Å². The maximum atomic E-state index is 12.3. The zero-order valence-electron chi connectivity index (χ0n) is 15.0. The van der Waals surface area contributed by atoms with Crippen molar-refractivity contribution in [2.75, 3.05) is 0 Å². The van der Waals surface area contributed by atoms with Crippen LogP contribution in [-0.2, 0) is 9.53 Å². The van der Waals surface area contributed by atoms with Crippen molar-refractivity contribution in [2.45, 2.75) is 33.6 Å². The first-order valence-electron chi connectivity index (χ1n) is 8.11. The molecule has 5 nitrogen and oxygen atoms in total. The Morgan fingerprint density at radius 3 is 2.62 bits per heavy atom. The quantitative estimate of drug-likeness (QED) is 0.804. The van der Waals surface area contributed by atoms with Gasteiger partial charge in [0, 0.05) is 16.5 Å². The lowest BCUT2D eigenvalue weighted by Crippen LogP contribution is -2.23. The molecule has 6 heteroatoms. The van der Waals surface area contributed by atoms with E-state index < -0.39 is 5.92 Å². The normalized spacial score (nSPS) is 17.3. The molecule has 0 saturated heterocycles. The molecule has 0 aliphatic carbocycles. The van der Waals surface area contributed by atoms with Crippen molar-refractivity contribution < 1.29 is 9.53 Å². The van der Waals surface area contributed by atoms with Gasteiger partial charge in [0.25, 0.3) is 0 Å². The molecule has 1 aromatic carbocycles. The van der Waals surface area contributed by atoms with E-state index in [1.807, 2.05) is 32.0 Å². The smallest absolute Gasteiger partial charge is 0.205 e. The minimum Gasteiger partial charge on any atom is -0.445 e. The fraction of sp³-hybridized carbons (Fsp3) is 0.250. The predicted octanol–water partition coefficient (Wildman–Crippen LogP) is 4.18. The Bertz CT molecular complexity index is 1060. The van der Waals surface area contributed by atoms with Crippen LogP contribution in [-0.4, -0.2) is 10.8 Å². The van der Waals surface area contributed by atoms with Crippen LogP contribution in [0.5, 0.6) is 0 Å². The number of aromatic nitrogens is 1. The van der Waals surface area contributed by atoms with Gasteiger partial charge in [-0.2, -0.15) is 5.26 Å². The zero-order chi connectivity index (χ0) is 19.2. The van der Waals surface area contributed by atoms with Crippen molar-refractivity contribution in [1.29, 1.82) is 5.26 Å². The zero-order valence-corrected chi connectivity index (χ0v) is 15.7. The predicted molar refractivity (Wildman–Crippen MR) is 100 cm³/mol. The Balaban J connectivity index is 2.35. The monoisotopic (exact) mass is 367 g/mol. The number of nitrogens with zero attached hydrogens (tertiary/aromatic N) is 2. The number of ether oxygens (including phenoxy) is 1. The highest BCUT2D eigenvalue weighted by Crippen LogP contribution is 2.42. The number of nitriles is 1. The number of carbonyl (C=O) groups is 1. The van der Waals surface area contributed by atoms with E-state index >= 15 is 0 Å². The number of Topliss-reactive ketones (excluding diaryl/α,β-unsaturated/α-hetero) is 1. The molecule has 0 radical (unpaired) electrons. The Morgan fingerprint density at radius 2 is 2.00 bits per heavy atom. The third kappa shape index (κ3) is 2.83. The van der Waals surface area contributed by atoms with Crippen LogP contribution in [0.3, 0.4) is 0 Å². The first kappa shape index (κ1) is 18.0. The van der Waals surface area contributed by atoms with Crippen LogP contribution in [0.15, 0.2) is 41.0 Å². The molecule has 1 unspecified atom stereocenters. The molecule has 0 amide bonds. The number of nitrogens with two attached hydrogens (primary N) is 1. The molecule has 0 bridgehead atoms. The molecule has 1 aromatic heterocycles. The lowest BCUT2D eigenvalue weighted by molar-refractivity contribution is -0.114. The molecule has 3 rings (SSSR count). The summed E-state index contributed by atoms with van der Waals surface area (Å²) in [4.78, 5) is 16.8. The second-order valence-electron chi connectivity index (χ2n) is 6.47. The van der Waals surface area contributed by atoms with Gasteiger partial charge in [0.05, 0.1) is 11.4 Å². The summed E-state index contributed by atoms with van der Waals surface area (Å²) < 4.78 is 5.41. The number of hydrogen-bond donors (Lipinski definition) is 1. The number of ketones is 1. The summed E-state index contributed by atoms with van der Waals surface area (Å²) in [6.07, 6.45) is 0. The molecule has 0 fully saturated rings. The second kappa shape index (κ2) is 6.47. The average Bonchev–Trinajstić information content (AvgIpc) is 2.54. The fourth-order valence-corrected chi connectivity index (χ4v) is 3.74. The molecule has 1 aliphatic rings. The number of carbonyl (C=O) groups excluding carboxylic acids is 1. The van der Waals surface area contributed by atoms with Crippen LogP contribution in [0.4, 0.5) is 0 Å². The van der Waals surface area contributed by atoms with E-state index in [-0.39, 0.29) is 22.4 Å². The first-order chi connectivity index (χ1) is 12.2. The fourth-order valence-electron chi connectivity index (χ4n) is 3.49. The van der Waals surface area contributed by atoms with Gasteiger partial charge in [0.15, 0.2) is 5.78 Å². The third-order valence-corrected chi connectivity index (χ3v) is 4.83. The lowest BCUT2D eigenvalue weighted by atomic mass is 9.81. The van der Waals surface area contributed by atoms with Crippen molar-refractivity contribution in [3.63, 3.8) is 0 Å². The van der Waals surface area contributed by atoms with E-state index in [1.165, 1.54) is 6.92 Å². The van der Waals surface area contributed by atoms with Crippen LogP contribution in [0.2, 0.25) is 5.15 Å². The van der Waals surface area contributed by atoms with Crippen molar-refractivity contribution >= 4 is 28.3 Å². The number of rotatable bonds is 2. The molecule has 1 aliphatic heterocycles. The minimum atomic E-state index is -0.698. The average molecular weight is 368 g/mol. The summed E-state index contributed by atoms with van der Waals surface area (Å²) in [5.41, 5.74) is 9.88. The highest BCUT2D eigenvalue weighted by molar-refractivity contribution is 6.31. The molecular formula is C20H18ClN3O2. The summed E-state index contributed by atoms with van der Waals surface area (Å²) in [6, 6.07) is 7.97. The number of pyridine rings is 1. The highest BCUT2D eigenvalue weighted by Gasteiger charge is 2.35. The number of aryl methyl sites for hydroxylation is 2. The first-order valence-corrected chi connectivity index (χ1v) is 8.49. The SMILES string of the molecule is CC(=O)C1=C(C)OC(N)=C(C#N)C1c1cc2cc(C)cc(C)c2nc1Cl. The summed E-state index contributed by atoms with van der Waals surface area (Å²) in [5, 5.41) is 10.7. The van der Waals surface area contributed by atoms with Crippen LogP contribution in [0.25, 0.3) is 10.9 Å². The van der Waals surface area contributed by atoms with Crippen LogP contribution in [0.1, 0.15) is 36.5 Å². The van der Waals surface area contributed by atoms with E-state index in [0.717, 1.165) is 22.0 Å². The van der Waals surface area contributed by atoms with E-state index in [2.05, 4.69) is 11.1 Å². The number of fused-ring (bicyclic) bond motifs is 1. The van der Waals surface area contributed by atoms with Gasteiger partial charge in [0.2, 0.25) is 5.88 Å². The van der Waals surface area contributed by atoms with E-state index in [9.17, 15) is 10.1 Å². The van der Waals surface area contributed by atoms with E-state index in [1.54, 1.807) is 6.92 Å². The van der Waals surface area contributed by atoms with Crippen molar-refractivity contribution in [2.24, 2.45) is 5.73 Å². The van der Waals surface area contributed by atoms with Gasteiger partial charge in [-0.05, 0) is 45.4 Å². The molecule has 0 spiro atoms. The minimum absolute atomic E-state index is 0.0170. The molecule has 2 N–H and O–H groups in total. The summed E-state index contributed by atoms with van der Waals surface area (Å²) >= 11 is 6.48. The molecule has 2 heterocycles. The summed E-state index contributed by atoms with van der Waals surface area (Å²) in [6.45, 7) is 7.05. The number of hydrogen-bond acceptors (Lipinski definition) is 5. The Morgan fingerprint density at radius 1 is 1.31 bits per heavy atom. The van der Waals surface area contributed by atoms with Crippen molar-refractivity contribution in [3.05, 3.63) is 62.8 Å². The van der Waals surface area contributed by atoms with Gasteiger partial charge in [0.1, 0.15) is 22.6 Å². The summed E-state index contributed by atoms with van der Waals surface area (Å²) in [7, 11) is 0. The highest BCUT2D eigenvalue weighted by atomic mass is 35.5. The maximum Gasteiger partial charge on any atom is 0.205 e. The molecule has 0 saturated carbocycles. The van der Waals surface area contributed by atoms with Crippen LogP contribution >= 0.6 is 11.6 Å². The Labute approximate surface area is 156 Å². The number of benzene rings is 1. The Kier molecular flexibility index (Phi) is 4.47. The van der Waals surface area contributed by atoms with Gasteiger partial charge in [-0.3, -0.25) is 4.79 Å². The van der Waals surface area contributed by atoms with E-state index in [4.69, 9.17) is 22.1 Å². The molecular weight excluding hydrogens is 350 g/mol. The summed E-state index contributed by atoms with van der Waals surface area (Å²) in [5.74, 6) is -0.548. The second-order valence-corrected chi connectivity index (χ2v) is 6.83. The van der Waals surface area contributed by atoms with Crippen molar-refractivity contribution in [3.8, 4) is 6.07 Å². The van der Waals surface area contributed by atoms with Gasteiger partial charge in [-0.25, -0.2) is 4.98 Å². The van der Waals surface area contributed by atoms with E-state index in [0.29, 0.717) is 16.9 Å². The van der Waals surface area contributed by atoms with Gasteiger partial charge in [-0.1, -0.05) is 23.2 Å². The molecule has 2 aromatic rings. The molecule has 132 valence electrons. The molecule has 26 heavy (non-hydrogen) atoms. The largest absolute Gasteiger partial charge is 0.445 e. The number of halogens is 1. The van der Waals surface area contributed by atoms with Crippen molar-refractivity contribution in [1.82, 2.24) is 4.98 Å². The van der Waals surface area contributed by atoms with Crippen LogP contribution in [0, 0.1) is 25.2 Å². The lowest BCUT2D eigenvalue weighted by Gasteiger charge is -2.27. The van der Waals surface area contributed by atoms with Gasteiger partial charge >= 0.3 is 0 Å². The molecule has 1 atom stereocenters. The standard InChI is InChI=1S/C20H18ClN3O2/c1-9-5-10(2)18-13(6-9)7-14(19(21)24-18)17-15(8-22)20(23)26-12(4)16(17)11(3)25/h5-7,17H,23H2,1-4H3. The number of allylic oxidation sites excluding steroid dienone is 3. The van der Waals surface area contributed by atoms with Gasteiger partial charge in [-0.15, -0.1) is 0 Å². The maximum absolute atomic E-state index is 12.3. The topological polar surface area (TPSA) is 89.0 Å². The third-order valence-electron chi connectivity index (χ3n) is 4.53. The Hall–Kier alpha value is -2.84. The van der Waals surface area contributed by atoms with Gasteiger partial charge < -0.3 is 10.5 Å².